The Morgan fingerprint density at radius 2 is 1.79 bits per heavy atom. The molecule has 1 N–H and O–H groups in total. The number of allylic oxidation sites excluding steroid dienone is 1. The summed E-state index contributed by atoms with van der Waals surface area (Å²) >= 11 is 0. The van der Waals surface area contributed by atoms with Crippen molar-refractivity contribution in [2.75, 3.05) is 13.2 Å². The SMILES string of the molecule is CCOC(=O)C(O)=CC(=O)c1ccc(OCC)cc1. The van der Waals surface area contributed by atoms with E-state index in [-0.39, 0.29) is 6.61 Å². The van der Waals surface area contributed by atoms with Gasteiger partial charge < -0.3 is 14.6 Å². The van der Waals surface area contributed by atoms with Gasteiger partial charge in [0.1, 0.15) is 5.75 Å². The number of ketones is 1. The normalized spacial score (nSPS) is 10.9. The third-order valence-corrected chi connectivity index (χ3v) is 2.20. The molecule has 19 heavy (non-hydrogen) atoms. The summed E-state index contributed by atoms with van der Waals surface area (Å²) in [6.07, 6.45) is 0.841. The second-order valence-corrected chi connectivity index (χ2v) is 3.57. The second-order valence-electron chi connectivity index (χ2n) is 3.57. The molecule has 1 rings (SSSR count). The van der Waals surface area contributed by atoms with Gasteiger partial charge in [-0.3, -0.25) is 4.79 Å². The number of hydrogen-bond acceptors (Lipinski definition) is 5. The maximum absolute atomic E-state index is 11.7. The highest BCUT2D eigenvalue weighted by atomic mass is 16.5. The number of ether oxygens (including phenoxy) is 2. The molecule has 1 aromatic carbocycles. The van der Waals surface area contributed by atoms with E-state index in [0.717, 1.165) is 6.08 Å². The minimum absolute atomic E-state index is 0.133. The number of esters is 1. The van der Waals surface area contributed by atoms with Crippen molar-refractivity contribution in [2.45, 2.75) is 13.8 Å². The summed E-state index contributed by atoms with van der Waals surface area (Å²) in [6.45, 7) is 4.14. The molecule has 0 saturated heterocycles. The van der Waals surface area contributed by atoms with E-state index in [1.807, 2.05) is 6.92 Å². The average molecular weight is 264 g/mol. The Hall–Kier alpha value is -2.30. The van der Waals surface area contributed by atoms with E-state index < -0.39 is 17.5 Å². The lowest BCUT2D eigenvalue weighted by Crippen LogP contribution is -2.09. The van der Waals surface area contributed by atoms with Crippen molar-refractivity contribution in [2.24, 2.45) is 0 Å². The zero-order valence-electron chi connectivity index (χ0n) is 10.9. The van der Waals surface area contributed by atoms with Crippen LogP contribution in [0.2, 0.25) is 0 Å². The van der Waals surface area contributed by atoms with Gasteiger partial charge in [0.2, 0.25) is 5.76 Å². The lowest BCUT2D eigenvalue weighted by atomic mass is 10.1. The van der Waals surface area contributed by atoms with Crippen molar-refractivity contribution in [1.29, 1.82) is 0 Å². The number of carbonyl (C=O) groups excluding carboxylic acids is 2. The number of benzene rings is 1. The summed E-state index contributed by atoms with van der Waals surface area (Å²) in [6, 6.07) is 6.41. The second kappa shape index (κ2) is 7.20. The summed E-state index contributed by atoms with van der Waals surface area (Å²) in [5.41, 5.74) is 0.347. The first-order valence-electron chi connectivity index (χ1n) is 5.93. The van der Waals surface area contributed by atoms with E-state index in [1.54, 1.807) is 31.2 Å². The first-order valence-corrected chi connectivity index (χ1v) is 5.93. The molecule has 5 nitrogen and oxygen atoms in total. The molecule has 0 unspecified atom stereocenters. The van der Waals surface area contributed by atoms with Gasteiger partial charge in [0.05, 0.1) is 13.2 Å². The van der Waals surface area contributed by atoms with Crippen molar-refractivity contribution in [3.63, 3.8) is 0 Å². The molecule has 0 spiro atoms. The van der Waals surface area contributed by atoms with Gasteiger partial charge in [-0.15, -0.1) is 0 Å². The lowest BCUT2D eigenvalue weighted by molar-refractivity contribution is -0.141. The monoisotopic (exact) mass is 264 g/mol. The van der Waals surface area contributed by atoms with Crippen LogP contribution in [0.1, 0.15) is 24.2 Å². The molecule has 0 aliphatic carbocycles. The lowest BCUT2D eigenvalue weighted by Gasteiger charge is -2.03. The molecule has 1 aromatic rings. The van der Waals surface area contributed by atoms with Gasteiger partial charge in [0.15, 0.2) is 5.78 Å². The van der Waals surface area contributed by atoms with Gasteiger partial charge in [-0.05, 0) is 38.1 Å². The van der Waals surface area contributed by atoms with Crippen LogP contribution in [0.3, 0.4) is 0 Å². The minimum atomic E-state index is -0.915. The van der Waals surface area contributed by atoms with Gasteiger partial charge in [0, 0.05) is 11.6 Å². The van der Waals surface area contributed by atoms with E-state index in [4.69, 9.17) is 4.74 Å². The zero-order valence-corrected chi connectivity index (χ0v) is 10.9. The largest absolute Gasteiger partial charge is 0.502 e. The maximum atomic E-state index is 11.7. The van der Waals surface area contributed by atoms with Gasteiger partial charge >= 0.3 is 5.97 Å². The van der Waals surface area contributed by atoms with Gasteiger partial charge in [0.25, 0.3) is 0 Å². The molecule has 5 heteroatoms. The standard InChI is InChI=1S/C14H16O5/c1-3-18-11-7-5-10(6-8-11)12(15)9-13(16)14(17)19-4-2/h5-9,16H,3-4H2,1-2H3. The molecule has 0 saturated carbocycles. The summed E-state index contributed by atoms with van der Waals surface area (Å²) in [4.78, 5) is 22.9. The third-order valence-electron chi connectivity index (χ3n) is 2.20. The van der Waals surface area contributed by atoms with Crippen molar-refractivity contribution >= 4 is 11.8 Å². The van der Waals surface area contributed by atoms with Gasteiger partial charge in [-0.1, -0.05) is 0 Å². The van der Waals surface area contributed by atoms with Crippen molar-refractivity contribution in [3.8, 4) is 5.75 Å². The molecule has 102 valence electrons. The van der Waals surface area contributed by atoms with Crippen LogP contribution in [-0.2, 0) is 9.53 Å². The van der Waals surface area contributed by atoms with E-state index >= 15 is 0 Å². The molecular formula is C14H16O5. The molecular weight excluding hydrogens is 248 g/mol. The quantitative estimate of drug-likeness (QED) is 0.369. The Labute approximate surface area is 111 Å². The highest BCUT2D eigenvalue weighted by molar-refractivity contribution is 6.07. The summed E-state index contributed by atoms with van der Waals surface area (Å²) in [5.74, 6) is -1.45. The number of rotatable bonds is 6. The van der Waals surface area contributed by atoms with E-state index in [9.17, 15) is 14.7 Å². The van der Waals surface area contributed by atoms with E-state index in [1.165, 1.54) is 0 Å². The van der Waals surface area contributed by atoms with Crippen LogP contribution in [0.5, 0.6) is 5.75 Å². The molecule has 0 aliphatic heterocycles. The molecule has 0 radical (unpaired) electrons. The van der Waals surface area contributed by atoms with Crippen LogP contribution in [-0.4, -0.2) is 30.1 Å². The van der Waals surface area contributed by atoms with Crippen LogP contribution < -0.4 is 4.74 Å². The fourth-order valence-corrected chi connectivity index (χ4v) is 1.35. The molecule has 0 fully saturated rings. The number of aliphatic hydroxyl groups excluding tert-OH is 1. The first kappa shape index (κ1) is 14.8. The van der Waals surface area contributed by atoms with E-state index in [0.29, 0.717) is 17.9 Å². The Morgan fingerprint density at radius 1 is 1.16 bits per heavy atom. The fraction of sp³-hybridized carbons (Fsp3) is 0.286. The molecule has 0 atom stereocenters. The molecule has 0 amide bonds. The predicted molar refractivity (Wildman–Crippen MR) is 69.3 cm³/mol. The molecule has 0 bridgehead atoms. The third kappa shape index (κ3) is 4.46. The summed E-state index contributed by atoms with van der Waals surface area (Å²) in [7, 11) is 0. The number of aliphatic hydroxyl groups is 1. The average Bonchev–Trinajstić information content (AvgIpc) is 2.40. The van der Waals surface area contributed by atoms with Crippen LogP contribution in [0.25, 0.3) is 0 Å². The van der Waals surface area contributed by atoms with Crippen LogP contribution in [0.4, 0.5) is 0 Å². The first-order chi connectivity index (χ1) is 9.08. The van der Waals surface area contributed by atoms with Crippen LogP contribution in [0, 0.1) is 0 Å². The minimum Gasteiger partial charge on any atom is -0.502 e. The molecule has 0 heterocycles. The molecule has 0 aromatic heterocycles. The Balaban J connectivity index is 2.77. The highest BCUT2D eigenvalue weighted by Crippen LogP contribution is 2.13. The predicted octanol–water partition coefficient (Wildman–Crippen LogP) is 2.27. The fourth-order valence-electron chi connectivity index (χ4n) is 1.35. The zero-order chi connectivity index (χ0) is 14.3. The summed E-state index contributed by atoms with van der Waals surface area (Å²) < 4.78 is 9.80. The Morgan fingerprint density at radius 3 is 2.32 bits per heavy atom. The highest BCUT2D eigenvalue weighted by Gasteiger charge is 2.12. The van der Waals surface area contributed by atoms with Crippen molar-refractivity contribution in [1.82, 2.24) is 0 Å². The topological polar surface area (TPSA) is 72.8 Å². The van der Waals surface area contributed by atoms with Crippen LogP contribution >= 0.6 is 0 Å². The number of hydrogen-bond donors (Lipinski definition) is 1. The number of carbonyl (C=O) groups is 2. The van der Waals surface area contributed by atoms with Crippen molar-refractivity contribution < 1.29 is 24.2 Å². The molecule has 0 aliphatic rings. The summed E-state index contributed by atoms with van der Waals surface area (Å²) in [5, 5.41) is 9.36. The van der Waals surface area contributed by atoms with E-state index in [2.05, 4.69) is 4.74 Å². The Bertz CT molecular complexity index is 473. The smallest absolute Gasteiger partial charge is 0.373 e. The van der Waals surface area contributed by atoms with Crippen molar-refractivity contribution in [3.05, 3.63) is 41.7 Å². The van der Waals surface area contributed by atoms with Gasteiger partial charge in [-0.25, -0.2) is 4.79 Å². The maximum Gasteiger partial charge on any atom is 0.373 e. The van der Waals surface area contributed by atoms with Gasteiger partial charge in [-0.2, -0.15) is 0 Å². The van der Waals surface area contributed by atoms with Crippen LogP contribution in [0.15, 0.2) is 36.1 Å². The Kier molecular flexibility index (Phi) is 5.60.